The van der Waals surface area contributed by atoms with Gasteiger partial charge in [-0.05, 0) is 55.1 Å². The fourth-order valence-electron chi connectivity index (χ4n) is 2.89. The maximum absolute atomic E-state index is 3.59. The van der Waals surface area contributed by atoms with Crippen LogP contribution in [0, 0.1) is 0 Å². The van der Waals surface area contributed by atoms with Crippen molar-refractivity contribution < 1.29 is 0 Å². The summed E-state index contributed by atoms with van der Waals surface area (Å²) in [6.45, 7) is 9.93. The van der Waals surface area contributed by atoms with E-state index in [-0.39, 0.29) is 0 Å². The van der Waals surface area contributed by atoms with Crippen molar-refractivity contribution in [3.05, 3.63) is 36.0 Å². The molecule has 1 aliphatic carbocycles. The predicted octanol–water partition coefficient (Wildman–Crippen LogP) is 3.24. The van der Waals surface area contributed by atoms with Crippen molar-refractivity contribution >= 4 is 10.9 Å². The third kappa shape index (κ3) is 3.66. The molecule has 0 radical (unpaired) electrons. The van der Waals surface area contributed by atoms with E-state index in [9.17, 15) is 0 Å². The summed E-state index contributed by atoms with van der Waals surface area (Å²) in [5, 5.41) is 4.95. The number of benzene rings is 1. The van der Waals surface area contributed by atoms with Crippen molar-refractivity contribution in [3.63, 3.8) is 0 Å². The second-order valence-electron chi connectivity index (χ2n) is 6.08. The summed E-state index contributed by atoms with van der Waals surface area (Å²) in [4.78, 5) is 2.47. The Morgan fingerprint density at radius 1 is 1.19 bits per heavy atom. The summed E-state index contributed by atoms with van der Waals surface area (Å²) in [6.07, 6.45) is 4.93. The van der Waals surface area contributed by atoms with E-state index in [1.54, 1.807) is 0 Å². The van der Waals surface area contributed by atoms with Gasteiger partial charge in [0.15, 0.2) is 0 Å². The van der Waals surface area contributed by atoms with Crippen molar-refractivity contribution in [3.8, 4) is 0 Å². The largest absolute Gasteiger partial charge is 0.346 e. The molecular formula is C18H27N3. The average Bonchev–Trinajstić information content (AvgIpc) is 3.26. The van der Waals surface area contributed by atoms with Gasteiger partial charge >= 0.3 is 0 Å². The topological polar surface area (TPSA) is 20.2 Å². The molecule has 1 aliphatic rings. The number of aromatic nitrogens is 1. The van der Waals surface area contributed by atoms with Crippen molar-refractivity contribution in [1.82, 2.24) is 14.8 Å². The SMILES string of the molecule is CCN(CC)CCn1ccc2cc(CNC3CC3)ccc21. The van der Waals surface area contributed by atoms with E-state index in [4.69, 9.17) is 0 Å². The third-order valence-electron chi connectivity index (χ3n) is 4.56. The molecule has 0 bridgehead atoms. The van der Waals surface area contributed by atoms with Gasteiger partial charge in [0.25, 0.3) is 0 Å². The summed E-state index contributed by atoms with van der Waals surface area (Å²) in [7, 11) is 0. The predicted molar refractivity (Wildman–Crippen MR) is 89.6 cm³/mol. The first-order chi connectivity index (χ1) is 10.3. The van der Waals surface area contributed by atoms with Crippen LogP contribution in [0.4, 0.5) is 0 Å². The second-order valence-corrected chi connectivity index (χ2v) is 6.08. The van der Waals surface area contributed by atoms with Gasteiger partial charge in [0, 0.05) is 37.4 Å². The molecule has 3 rings (SSSR count). The summed E-state index contributed by atoms with van der Waals surface area (Å²) in [5.41, 5.74) is 2.76. The molecule has 1 heterocycles. The van der Waals surface area contributed by atoms with Crippen LogP contribution in [0.3, 0.4) is 0 Å². The lowest BCUT2D eigenvalue weighted by Gasteiger charge is -2.18. The van der Waals surface area contributed by atoms with Crippen LogP contribution >= 0.6 is 0 Å². The average molecular weight is 285 g/mol. The highest BCUT2D eigenvalue weighted by molar-refractivity contribution is 5.80. The lowest BCUT2D eigenvalue weighted by Crippen LogP contribution is -2.26. The van der Waals surface area contributed by atoms with E-state index >= 15 is 0 Å². The minimum Gasteiger partial charge on any atom is -0.346 e. The molecule has 0 spiro atoms. The molecule has 0 atom stereocenters. The molecule has 0 aliphatic heterocycles. The Hall–Kier alpha value is -1.32. The van der Waals surface area contributed by atoms with Gasteiger partial charge in [-0.15, -0.1) is 0 Å². The molecule has 3 heteroatoms. The van der Waals surface area contributed by atoms with Crippen LogP contribution in [0.2, 0.25) is 0 Å². The van der Waals surface area contributed by atoms with Crippen molar-refractivity contribution in [2.45, 2.75) is 45.8 Å². The fourth-order valence-corrected chi connectivity index (χ4v) is 2.89. The number of nitrogens with one attached hydrogen (secondary N) is 1. The highest BCUT2D eigenvalue weighted by Crippen LogP contribution is 2.21. The maximum Gasteiger partial charge on any atom is 0.0480 e. The zero-order valence-corrected chi connectivity index (χ0v) is 13.3. The zero-order valence-electron chi connectivity index (χ0n) is 13.3. The summed E-state index contributed by atoms with van der Waals surface area (Å²) in [5.74, 6) is 0. The number of nitrogens with zero attached hydrogens (tertiary/aromatic N) is 2. The van der Waals surface area contributed by atoms with Crippen molar-refractivity contribution in [2.75, 3.05) is 19.6 Å². The van der Waals surface area contributed by atoms with Crippen molar-refractivity contribution in [1.29, 1.82) is 0 Å². The van der Waals surface area contributed by atoms with Gasteiger partial charge in [-0.2, -0.15) is 0 Å². The number of fused-ring (bicyclic) bond motifs is 1. The third-order valence-corrected chi connectivity index (χ3v) is 4.56. The van der Waals surface area contributed by atoms with E-state index in [0.29, 0.717) is 0 Å². The molecule has 2 aromatic rings. The second kappa shape index (κ2) is 6.63. The van der Waals surface area contributed by atoms with Crippen molar-refractivity contribution in [2.24, 2.45) is 0 Å². The van der Waals surface area contributed by atoms with Gasteiger partial charge in [0.1, 0.15) is 0 Å². The zero-order chi connectivity index (χ0) is 14.7. The molecule has 1 aromatic carbocycles. The standard InChI is InChI=1S/C18H27N3/c1-3-20(4-2)11-12-21-10-9-16-13-15(5-8-18(16)21)14-19-17-6-7-17/h5,8-10,13,17,19H,3-4,6-7,11-12,14H2,1-2H3. The number of rotatable bonds is 8. The molecule has 1 aromatic heterocycles. The molecule has 21 heavy (non-hydrogen) atoms. The lowest BCUT2D eigenvalue weighted by atomic mass is 10.1. The van der Waals surface area contributed by atoms with E-state index < -0.39 is 0 Å². The Balaban J connectivity index is 1.66. The quantitative estimate of drug-likeness (QED) is 0.803. The van der Waals surface area contributed by atoms with Gasteiger partial charge in [0.05, 0.1) is 0 Å². The van der Waals surface area contributed by atoms with Crippen LogP contribution in [-0.4, -0.2) is 35.1 Å². The number of likely N-dealkylation sites (N-methyl/N-ethyl adjacent to an activating group) is 1. The summed E-state index contributed by atoms with van der Waals surface area (Å²) >= 11 is 0. The molecule has 1 saturated carbocycles. The van der Waals surface area contributed by atoms with Crippen LogP contribution in [0.15, 0.2) is 30.5 Å². The minimum absolute atomic E-state index is 0.777. The fraction of sp³-hybridized carbons (Fsp3) is 0.556. The van der Waals surface area contributed by atoms with E-state index in [1.165, 1.54) is 29.3 Å². The van der Waals surface area contributed by atoms with E-state index in [0.717, 1.165) is 38.8 Å². The van der Waals surface area contributed by atoms with Gasteiger partial charge in [0.2, 0.25) is 0 Å². The van der Waals surface area contributed by atoms with E-state index in [1.807, 2.05) is 0 Å². The Bertz CT molecular complexity index is 579. The Morgan fingerprint density at radius 3 is 2.71 bits per heavy atom. The van der Waals surface area contributed by atoms with Gasteiger partial charge < -0.3 is 14.8 Å². The monoisotopic (exact) mass is 285 g/mol. The molecule has 0 unspecified atom stereocenters. The number of hydrogen-bond acceptors (Lipinski definition) is 2. The Morgan fingerprint density at radius 2 is 2.00 bits per heavy atom. The molecule has 0 saturated heterocycles. The molecule has 3 nitrogen and oxygen atoms in total. The first kappa shape index (κ1) is 14.6. The van der Waals surface area contributed by atoms with E-state index in [2.05, 4.69) is 59.1 Å². The Kier molecular flexibility index (Phi) is 4.61. The van der Waals surface area contributed by atoms with Gasteiger partial charge in [-0.1, -0.05) is 19.9 Å². The highest BCUT2D eigenvalue weighted by Gasteiger charge is 2.19. The summed E-state index contributed by atoms with van der Waals surface area (Å²) < 4.78 is 2.38. The summed E-state index contributed by atoms with van der Waals surface area (Å²) in [6, 6.07) is 9.91. The van der Waals surface area contributed by atoms with Gasteiger partial charge in [-0.3, -0.25) is 0 Å². The molecule has 1 N–H and O–H groups in total. The Labute approximate surface area is 127 Å². The van der Waals surface area contributed by atoms with Crippen LogP contribution in [0.5, 0.6) is 0 Å². The van der Waals surface area contributed by atoms with Crippen LogP contribution in [0.1, 0.15) is 32.3 Å². The molecule has 0 amide bonds. The molecule has 114 valence electrons. The van der Waals surface area contributed by atoms with Crippen LogP contribution < -0.4 is 5.32 Å². The normalized spacial score (nSPS) is 15.2. The first-order valence-corrected chi connectivity index (χ1v) is 8.33. The van der Waals surface area contributed by atoms with Crippen LogP contribution in [-0.2, 0) is 13.1 Å². The first-order valence-electron chi connectivity index (χ1n) is 8.33. The smallest absolute Gasteiger partial charge is 0.0480 e. The highest BCUT2D eigenvalue weighted by atomic mass is 15.1. The molecule has 1 fully saturated rings. The number of hydrogen-bond donors (Lipinski definition) is 1. The lowest BCUT2D eigenvalue weighted by molar-refractivity contribution is 0.292. The van der Waals surface area contributed by atoms with Crippen LogP contribution in [0.25, 0.3) is 10.9 Å². The maximum atomic E-state index is 3.59. The molecular weight excluding hydrogens is 258 g/mol. The van der Waals surface area contributed by atoms with Gasteiger partial charge in [-0.25, -0.2) is 0 Å². The minimum atomic E-state index is 0.777.